The number of halogens is 1. The first kappa shape index (κ1) is 36.9. The Labute approximate surface area is 240 Å². The molecule has 31 heavy (non-hydrogen) atoms. The van der Waals surface area contributed by atoms with Gasteiger partial charge in [0.2, 0.25) is 0 Å². The molecule has 0 saturated heterocycles. The van der Waals surface area contributed by atoms with E-state index in [9.17, 15) is 10.2 Å². The van der Waals surface area contributed by atoms with Gasteiger partial charge in [-0.3, -0.25) is 0 Å². The van der Waals surface area contributed by atoms with Crippen molar-refractivity contribution in [3.8, 4) is 0 Å². The summed E-state index contributed by atoms with van der Waals surface area (Å²) in [4.78, 5) is 0. The molecule has 2 aromatic rings. The average molecular weight is 629 g/mol. The number of hydrogen-bond donors (Lipinski definition) is 2. The van der Waals surface area contributed by atoms with Crippen LogP contribution in [0.25, 0.3) is 0 Å². The quantitative estimate of drug-likeness (QED) is 0.263. The number of hydrogen-bond acceptors (Lipinski definition) is 4. The number of aliphatic hydroxyl groups is 2. The van der Waals surface area contributed by atoms with Crippen molar-refractivity contribution in [3.05, 3.63) is 69.7 Å². The van der Waals surface area contributed by atoms with E-state index in [0.29, 0.717) is 0 Å². The minimum Gasteiger partial charge on any atom is -0.388 e. The third-order valence-corrected chi connectivity index (χ3v) is 5.48. The van der Waals surface area contributed by atoms with Gasteiger partial charge in [-0.25, -0.2) is 0 Å². The van der Waals surface area contributed by atoms with Gasteiger partial charge >= 0.3 is 0 Å². The first-order valence-corrected chi connectivity index (χ1v) is 13.2. The van der Waals surface area contributed by atoms with Gasteiger partial charge in [-0.15, -0.1) is 0 Å². The Bertz CT molecular complexity index is 775. The molecular formula is C22H31BrO2P2S2Ti2. The fraction of sp³-hybridized carbons (Fsp3) is 0.455. The zero-order valence-electron chi connectivity index (χ0n) is 18.6. The second-order valence-corrected chi connectivity index (χ2v) is 9.41. The Balaban J connectivity index is -0.000000413. The van der Waals surface area contributed by atoms with E-state index in [1.165, 1.54) is 5.56 Å². The molecule has 0 aromatic heterocycles. The van der Waals surface area contributed by atoms with Crippen molar-refractivity contribution < 1.29 is 53.6 Å². The largest absolute Gasteiger partial charge is 0.388 e. The van der Waals surface area contributed by atoms with E-state index in [4.69, 9.17) is 0 Å². The molecule has 9 heteroatoms. The maximum atomic E-state index is 10.0. The van der Waals surface area contributed by atoms with Gasteiger partial charge < -0.3 is 10.2 Å². The summed E-state index contributed by atoms with van der Waals surface area (Å²) in [6.07, 6.45) is 0.279. The smallest absolute Gasteiger partial charge is 0.0849 e. The molecular weight excluding hydrogens is 598 g/mol. The molecule has 0 heterocycles. The fourth-order valence-corrected chi connectivity index (χ4v) is 3.64. The van der Waals surface area contributed by atoms with Crippen LogP contribution in [-0.2, 0) is 73.5 Å². The zero-order valence-corrected chi connectivity index (χ0v) is 26.9. The maximum Gasteiger partial charge on any atom is 0.0849 e. The van der Waals surface area contributed by atoms with E-state index in [1.54, 1.807) is 0 Å². The molecule has 0 bridgehead atoms. The van der Waals surface area contributed by atoms with E-state index >= 15 is 0 Å². The minimum atomic E-state index is -0.428. The molecule has 1 aliphatic carbocycles. The first-order chi connectivity index (χ1) is 13.5. The van der Waals surface area contributed by atoms with E-state index in [-0.39, 0.29) is 60.4 Å². The van der Waals surface area contributed by atoms with Gasteiger partial charge in [-0.2, -0.15) is 0 Å². The normalized spacial score (nSPS) is 16.1. The Morgan fingerprint density at radius 1 is 0.968 bits per heavy atom. The van der Waals surface area contributed by atoms with Crippen molar-refractivity contribution in [1.29, 1.82) is 0 Å². The van der Waals surface area contributed by atoms with Crippen molar-refractivity contribution in [3.63, 3.8) is 0 Å². The van der Waals surface area contributed by atoms with Gasteiger partial charge in [-0.05, 0) is 56.0 Å². The van der Waals surface area contributed by atoms with Crippen LogP contribution in [-0.4, -0.2) is 10.2 Å². The van der Waals surface area contributed by atoms with Crippen molar-refractivity contribution in [2.75, 3.05) is 0 Å². The second kappa shape index (κ2) is 17.7. The van der Waals surface area contributed by atoms with Crippen LogP contribution in [0.15, 0.2) is 53.0 Å². The minimum absolute atomic E-state index is 0. The van der Waals surface area contributed by atoms with Crippen LogP contribution >= 0.6 is 32.0 Å². The molecule has 2 aromatic carbocycles. The molecule has 0 saturated carbocycles. The van der Waals surface area contributed by atoms with Crippen molar-refractivity contribution in [2.45, 2.75) is 53.2 Å². The number of fused-ring (bicyclic) bond motifs is 1. The Kier molecular flexibility index (Phi) is 21.1. The van der Waals surface area contributed by atoms with Crippen LogP contribution in [0.2, 0.25) is 0 Å². The fourth-order valence-electron chi connectivity index (χ4n) is 3.13. The second-order valence-electron chi connectivity index (χ2n) is 8.56. The van der Waals surface area contributed by atoms with Gasteiger partial charge in [0.1, 0.15) is 0 Å². The molecule has 0 aliphatic heterocycles. The molecule has 0 radical (unpaired) electrons. The van der Waals surface area contributed by atoms with Gasteiger partial charge in [0.05, 0.1) is 12.2 Å². The van der Waals surface area contributed by atoms with Crippen LogP contribution in [0.4, 0.5) is 0 Å². The van der Waals surface area contributed by atoms with E-state index in [0.717, 1.165) is 22.0 Å². The van der Waals surface area contributed by atoms with Crippen LogP contribution in [0.1, 0.15) is 63.5 Å². The third kappa shape index (κ3) is 11.5. The summed E-state index contributed by atoms with van der Waals surface area (Å²) in [7, 11) is 5.11. The van der Waals surface area contributed by atoms with E-state index < -0.39 is 6.10 Å². The van der Waals surface area contributed by atoms with E-state index in [2.05, 4.69) is 75.5 Å². The number of aliphatic hydroxyl groups excluding tert-OH is 2. The summed E-state index contributed by atoms with van der Waals surface area (Å²) in [6.45, 7) is 10.3. The molecule has 2 nitrogen and oxygen atoms in total. The predicted molar refractivity (Wildman–Crippen MR) is 139 cm³/mol. The van der Waals surface area contributed by atoms with Crippen LogP contribution in [0.3, 0.4) is 0 Å². The first-order valence-electron chi connectivity index (χ1n) is 9.13. The number of rotatable bonds is 1. The van der Waals surface area contributed by atoms with Crippen LogP contribution in [0, 0.1) is 10.8 Å². The zero-order chi connectivity index (χ0) is 22.8. The predicted octanol–water partition coefficient (Wildman–Crippen LogP) is 7.01. The van der Waals surface area contributed by atoms with Crippen LogP contribution < -0.4 is 0 Å². The summed E-state index contributed by atoms with van der Waals surface area (Å²) in [5.74, 6) is 0. The van der Waals surface area contributed by atoms with Gasteiger partial charge in [0.15, 0.2) is 0 Å². The standard InChI is InChI=1S/C11H15BrO.C11H14O.2HPS.2Ti/c1-11(2,3)10(13)8-6-4-5-7-9(8)12;1-11(2)7-8-5-3-4-6-9(8)10(11)12;2*1-2;;/h4-7,10,13H,1-3H3;3-6,10,12H,7H2,1-2H3;2*1H;;. The Morgan fingerprint density at radius 2 is 1.42 bits per heavy atom. The van der Waals surface area contributed by atoms with Gasteiger partial charge in [0.25, 0.3) is 0 Å². The van der Waals surface area contributed by atoms with E-state index in [1.807, 2.05) is 63.2 Å². The molecule has 0 fully saturated rings. The summed E-state index contributed by atoms with van der Waals surface area (Å²) in [5.41, 5.74) is 3.26. The van der Waals surface area contributed by atoms with Crippen molar-refractivity contribution in [1.82, 2.24) is 0 Å². The molecule has 1 aliphatic rings. The molecule has 3 rings (SSSR count). The third-order valence-electron chi connectivity index (χ3n) is 4.76. The van der Waals surface area contributed by atoms with Crippen LogP contribution in [0.5, 0.6) is 0 Å². The Hall–Kier alpha value is 1.31. The number of benzene rings is 2. The molecule has 0 spiro atoms. The molecule has 0 amide bonds. The molecule has 2 N–H and O–H groups in total. The monoisotopic (exact) mass is 628 g/mol. The summed E-state index contributed by atoms with van der Waals surface area (Å²) in [5, 5.41) is 19.9. The SMILES string of the molecule is CC(C)(C)C(O)c1ccccc1Br.CC1(C)Cc2ccccc2C1O.P=S.P=S.[Ti].[Ti]. The molecule has 2 atom stereocenters. The van der Waals surface area contributed by atoms with Gasteiger partial charge in [0, 0.05) is 47.9 Å². The average Bonchev–Trinajstić information content (AvgIpc) is 2.93. The topological polar surface area (TPSA) is 40.5 Å². The summed E-state index contributed by atoms with van der Waals surface area (Å²) in [6, 6.07) is 15.9. The maximum absolute atomic E-state index is 10.0. The molecule has 168 valence electrons. The molecule has 2 unspecified atom stereocenters. The van der Waals surface area contributed by atoms with Crippen molar-refractivity contribution >= 4 is 55.6 Å². The summed E-state index contributed by atoms with van der Waals surface area (Å²) < 4.78 is 0.970. The summed E-state index contributed by atoms with van der Waals surface area (Å²) >= 11 is 11.2. The van der Waals surface area contributed by atoms with Crippen molar-refractivity contribution in [2.24, 2.45) is 10.8 Å². The van der Waals surface area contributed by atoms with Gasteiger partial charge in [-0.1, -0.05) is 117 Å². The Morgan fingerprint density at radius 3 is 1.87 bits per heavy atom.